The molecule has 0 spiro atoms. The van der Waals surface area contributed by atoms with Crippen LogP contribution in [0.4, 0.5) is 23.2 Å². The van der Waals surface area contributed by atoms with E-state index in [0.29, 0.717) is 34.4 Å². The molecule has 2 aliphatic rings. The fourth-order valence-electron chi connectivity index (χ4n) is 5.09. The number of halogens is 4. The standard InChI is InChI=1S/C24H24F4N6OS/c25-15-11-29-9-8-17(15)30-18-7-3-5-12-14(10-24(26,27)28)21(36-20(12)18)22-31-23(35-34-22)19-13-4-1-2-6-16(13)32-33-19/h3,5,7,15,17,29-30H,1-2,4,6,8-11H2,(H,32,33)/t15-,17+/m0/s1. The minimum atomic E-state index is -4.43. The summed E-state index contributed by atoms with van der Waals surface area (Å²) in [6, 6.07) is 4.69. The lowest BCUT2D eigenvalue weighted by atomic mass is 9.96. The second-order valence-corrected chi connectivity index (χ2v) is 10.3. The normalized spacial score (nSPS) is 20.6. The summed E-state index contributed by atoms with van der Waals surface area (Å²) in [4.78, 5) is 4.76. The monoisotopic (exact) mass is 520 g/mol. The maximum Gasteiger partial charge on any atom is 0.393 e. The van der Waals surface area contributed by atoms with Crippen LogP contribution in [0.15, 0.2) is 22.7 Å². The third-order valence-electron chi connectivity index (χ3n) is 6.83. The molecule has 12 heteroatoms. The van der Waals surface area contributed by atoms with Crippen molar-refractivity contribution in [3.8, 4) is 22.3 Å². The number of hydrogen-bond acceptors (Lipinski definition) is 7. The molecule has 190 valence electrons. The number of nitrogens with zero attached hydrogens (tertiary/aromatic N) is 3. The van der Waals surface area contributed by atoms with Gasteiger partial charge in [-0.1, -0.05) is 17.3 Å². The van der Waals surface area contributed by atoms with E-state index in [2.05, 4.69) is 31.0 Å². The van der Waals surface area contributed by atoms with E-state index in [4.69, 9.17) is 4.52 Å². The fraction of sp³-hybridized carbons (Fsp3) is 0.458. The number of benzene rings is 1. The molecule has 1 aliphatic heterocycles. The molecule has 2 atom stereocenters. The molecular weight excluding hydrogens is 496 g/mol. The van der Waals surface area contributed by atoms with Crippen molar-refractivity contribution in [2.75, 3.05) is 18.4 Å². The van der Waals surface area contributed by atoms with Crippen molar-refractivity contribution in [1.29, 1.82) is 0 Å². The number of aryl methyl sites for hydroxylation is 1. The number of thiophene rings is 1. The number of nitrogens with one attached hydrogen (secondary N) is 3. The van der Waals surface area contributed by atoms with E-state index in [9.17, 15) is 17.6 Å². The van der Waals surface area contributed by atoms with Crippen LogP contribution in [-0.4, -0.2) is 51.8 Å². The van der Waals surface area contributed by atoms with Crippen LogP contribution in [0.5, 0.6) is 0 Å². The van der Waals surface area contributed by atoms with Crippen LogP contribution in [0.1, 0.15) is 36.1 Å². The summed E-state index contributed by atoms with van der Waals surface area (Å²) < 4.78 is 61.5. The molecule has 4 heterocycles. The van der Waals surface area contributed by atoms with Crippen molar-refractivity contribution in [1.82, 2.24) is 25.7 Å². The minimum absolute atomic E-state index is 0.0877. The van der Waals surface area contributed by atoms with Gasteiger partial charge < -0.3 is 15.2 Å². The molecule has 1 aromatic carbocycles. The fourth-order valence-corrected chi connectivity index (χ4v) is 6.32. The second-order valence-electron chi connectivity index (χ2n) is 9.30. The van der Waals surface area contributed by atoms with Crippen LogP contribution in [0, 0.1) is 0 Å². The van der Waals surface area contributed by atoms with Crippen molar-refractivity contribution in [2.45, 2.75) is 56.9 Å². The molecule has 6 rings (SSSR count). The number of alkyl halides is 4. The van der Waals surface area contributed by atoms with Crippen molar-refractivity contribution >= 4 is 27.1 Å². The Morgan fingerprint density at radius 2 is 2.06 bits per heavy atom. The molecule has 36 heavy (non-hydrogen) atoms. The molecule has 1 fully saturated rings. The molecule has 7 nitrogen and oxygen atoms in total. The van der Waals surface area contributed by atoms with E-state index in [0.717, 1.165) is 48.3 Å². The van der Waals surface area contributed by atoms with Gasteiger partial charge in [-0.05, 0) is 55.7 Å². The Balaban J connectivity index is 1.42. The van der Waals surface area contributed by atoms with Crippen molar-refractivity contribution < 1.29 is 22.1 Å². The van der Waals surface area contributed by atoms with Gasteiger partial charge in [-0.3, -0.25) is 5.10 Å². The minimum Gasteiger partial charge on any atom is -0.378 e. The molecule has 1 aliphatic carbocycles. The first-order chi connectivity index (χ1) is 17.4. The number of hydrogen-bond donors (Lipinski definition) is 3. The zero-order valence-electron chi connectivity index (χ0n) is 19.2. The van der Waals surface area contributed by atoms with Crippen LogP contribution in [0.25, 0.3) is 32.4 Å². The summed E-state index contributed by atoms with van der Waals surface area (Å²) in [6.45, 7) is 0.913. The number of aromatic amines is 1. The number of aromatic nitrogens is 4. The lowest BCUT2D eigenvalue weighted by Crippen LogP contribution is -2.45. The summed E-state index contributed by atoms with van der Waals surface area (Å²) in [5, 5.41) is 18.1. The van der Waals surface area contributed by atoms with Gasteiger partial charge in [0.1, 0.15) is 6.17 Å². The summed E-state index contributed by atoms with van der Waals surface area (Å²) in [7, 11) is 0. The molecule has 3 N–H and O–H groups in total. The molecule has 0 amide bonds. The lowest BCUT2D eigenvalue weighted by Gasteiger charge is -2.28. The maximum absolute atomic E-state index is 14.5. The molecule has 0 saturated carbocycles. The molecule has 0 radical (unpaired) electrons. The highest BCUT2D eigenvalue weighted by molar-refractivity contribution is 7.23. The number of H-pyrrole nitrogens is 1. The summed E-state index contributed by atoms with van der Waals surface area (Å²) in [5.41, 5.74) is 3.31. The highest BCUT2D eigenvalue weighted by Gasteiger charge is 2.34. The summed E-state index contributed by atoms with van der Waals surface area (Å²) in [5.74, 6) is 0.280. The van der Waals surface area contributed by atoms with Gasteiger partial charge >= 0.3 is 6.18 Å². The third kappa shape index (κ3) is 4.36. The summed E-state index contributed by atoms with van der Waals surface area (Å²) in [6.07, 6.45) is -2.26. The highest BCUT2D eigenvalue weighted by Crippen LogP contribution is 2.44. The average molecular weight is 521 g/mol. The molecule has 3 aromatic heterocycles. The smallest absolute Gasteiger partial charge is 0.378 e. The van der Waals surface area contributed by atoms with E-state index >= 15 is 0 Å². The van der Waals surface area contributed by atoms with Gasteiger partial charge in [-0.2, -0.15) is 23.3 Å². The predicted octanol–water partition coefficient (Wildman–Crippen LogP) is 5.44. The van der Waals surface area contributed by atoms with Crippen LogP contribution in [0.2, 0.25) is 0 Å². The first-order valence-corrected chi connectivity index (χ1v) is 12.8. The zero-order valence-corrected chi connectivity index (χ0v) is 20.0. The highest BCUT2D eigenvalue weighted by atomic mass is 32.1. The number of rotatable bonds is 5. The number of anilines is 1. The zero-order chi connectivity index (χ0) is 24.9. The Morgan fingerprint density at radius 1 is 1.19 bits per heavy atom. The lowest BCUT2D eigenvalue weighted by molar-refractivity contribution is -0.126. The molecule has 1 saturated heterocycles. The quantitative estimate of drug-likeness (QED) is 0.304. The Morgan fingerprint density at radius 3 is 2.89 bits per heavy atom. The van der Waals surface area contributed by atoms with Gasteiger partial charge in [-0.25, -0.2) is 4.39 Å². The molecule has 0 bridgehead atoms. The SMILES string of the molecule is F[C@H]1CNCC[C@H]1Nc1cccc2c(CC(F)(F)F)c(-c3noc(-c4n[nH]c5c4CCCC5)n3)sc12. The van der Waals surface area contributed by atoms with Crippen LogP contribution in [-0.2, 0) is 19.3 Å². The Hall–Kier alpha value is -2.99. The van der Waals surface area contributed by atoms with Gasteiger partial charge in [-0.15, -0.1) is 11.3 Å². The van der Waals surface area contributed by atoms with Crippen molar-refractivity contribution in [2.24, 2.45) is 0 Å². The van der Waals surface area contributed by atoms with E-state index in [1.807, 2.05) is 0 Å². The van der Waals surface area contributed by atoms with Gasteiger partial charge in [0.15, 0.2) is 5.69 Å². The van der Waals surface area contributed by atoms with Crippen molar-refractivity contribution in [3.05, 3.63) is 35.0 Å². The van der Waals surface area contributed by atoms with Gasteiger partial charge in [0.25, 0.3) is 5.89 Å². The molecular formula is C24H24F4N6OS. The first-order valence-electron chi connectivity index (χ1n) is 12.0. The van der Waals surface area contributed by atoms with Crippen LogP contribution < -0.4 is 10.6 Å². The topological polar surface area (TPSA) is 91.7 Å². The predicted molar refractivity (Wildman–Crippen MR) is 129 cm³/mol. The molecule has 0 unspecified atom stereocenters. The van der Waals surface area contributed by atoms with E-state index < -0.39 is 24.8 Å². The van der Waals surface area contributed by atoms with E-state index in [-0.39, 0.29) is 28.7 Å². The van der Waals surface area contributed by atoms with Crippen LogP contribution >= 0.6 is 11.3 Å². The molecule has 4 aromatic rings. The van der Waals surface area contributed by atoms with E-state index in [1.165, 1.54) is 0 Å². The van der Waals surface area contributed by atoms with Gasteiger partial charge in [0, 0.05) is 17.8 Å². The van der Waals surface area contributed by atoms with Gasteiger partial charge in [0.2, 0.25) is 5.82 Å². The third-order valence-corrected chi connectivity index (χ3v) is 8.11. The van der Waals surface area contributed by atoms with Crippen molar-refractivity contribution in [3.63, 3.8) is 0 Å². The Labute approximate surface area is 207 Å². The first kappa shape index (κ1) is 23.4. The van der Waals surface area contributed by atoms with E-state index in [1.54, 1.807) is 18.2 Å². The second kappa shape index (κ2) is 9.15. The summed E-state index contributed by atoms with van der Waals surface area (Å²) >= 11 is 1.16. The maximum atomic E-state index is 14.5. The Kier molecular flexibility index (Phi) is 5.95. The number of piperidine rings is 1. The Bertz CT molecular complexity index is 1390. The van der Waals surface area contributed by atoms with Crippen LogP contribution in [0.3, 0.4) is 0 Å². The largest absolute Gasteiger partial charge is 0.393 e. The van der Waals surface area contributed by atoms with Gasteiger partial charge in [0.05, 0.1) is 27.7 Å². The number of fused-ring (bicyclic) bond motifs is 2. The average Bonchev–Trinajstić information content (AvgIpc) is 3.57.